The lowest BCUT2D eigenvalue weighted by atomic mass is 9.89. The molecule has 0 spiro atoms. The summed E-state index contributed by atoms with van der Waals surface area (Å²) in [6.07, 6.45) is 1.17. The van der Waals surface area contributed by atoms with Crippen molar-refractivity contribution in [2.45, 2.75) is 40.0 Å². The van der Waals surface area contributed by atoms with E-state index in [0.717, 1.165) is 30.6 Å². The molecule has 0 bridgehead atoms. The highest BCUT2D eigenvalue weighted by Crippen LogP contribution is 2.25. The summed E-state index contributed by atoms with van der Waals surface area (Å²) < 4.78 is 0. The lowest BCUT2D eigenvalue weighted by Gasteiger charge is -2.36. The van der Waals surface area contributed by atoms with Crippen LogP contribution < -0.4 is 10.5 Å². The summed E-state index contributed by atoms with van der Waals surface area (Å²) in [4.78, 5) is 21.3. The zero-order valence-corrected chi connectivity index (χ0v) is 11.7. The van der Waals surface area contributed by atoms with Gasteiger partial charge in [-0.1, -0.05) is 27.7 Å². The van der Waals surface area contributed by atoms with E-state index < -0.39 is 0 Å². The Kier molecular flexibility index (Phi) is 3.73. The average molecular weight is 249 g/mol. The standard InChI is InChI=1S/C14H23N3O/c1-9(2)14-15-12(7-13(18)16-14)17-6-5-10(3)11(4)8-17/h7,9-11H,5-6,8H2,1-4H3,(H,15,16,18). The van der Waals surface area contributed by atoms with Crippen LogP contribution in [0.4, 0.5) is 5.82 Å². The molecule has 0 radical (unpaired) electrons. The number of hydrogen-bond acceptors (Lipinski definition) is 3. The van der Waals surface area contributed by atoms with Crippen LogP contribution in [-0.4, -0.2) is 23.1 Å². The Morgan fingerprint density at radius 2 is 2.11 bits per heavy atom. The summed E-state index contributed by atoms with van der Waals surface area (Å²) in [7, 11) is 0. The Hall–Kier alpha value is -1.32. The van der Waals surface area contributed by atoms with Crippen molar-refractivity contribution >= 4 is 5.82 Å². The first-order chi connectivity index (χ1) is 8.47. The molecule has 1 saturated heterocycles. The predicted molar refractivity (Wildman–Crippen MR) is 74.1 cm³/mol. The number of nitrogens with one attached hydrogen (secondary N) is 1. The van der Waals surface area contributed by atoms with Gasteiger partial charge in [0.05, 0.1) is 0 Å². The molecule has 0 aromatic carbocycles. The zero-order valence-electron chi connectivity index (χ0n) is 11.7. The molecule has 4 nitrogen and oxygen atoms in total. The van der Waals surface area contributed by atoms with Crippen LogP contribution in [0.2, 0.25) is 0 Å². The molecule has 1 aliphatic rings. The van der Waals surface area contributed by atoms with Gasteiger partial charge in [0.15, 0.2) is 0 Å². The number of H-pyrrole nitrogens is 1. The molecule has 2 heterocycles. The Morgan fingerprint density at radius 1 is 1.39 bits per heavy atom. The summed E-state index contributed by atoms with van der Waals surface area (Å²) in [6, 6.07) is 1.62. The van der Waals surface area contributed by atoms with Gasteiger partial charge >= 0.3 is 0 Å². The van der Waals surface area contributed by atoms with Gasteiger partial charge < -0.3 is 9.88 Å². The number of hydrogen-bond donors (Lipinski definition) is 1. The molecule has 1 fully saturated rings. The van der Waals surface area contributed by atoms with Crippen molar-refractivity contribution in [1.82, 2.24) is 9.97 Å². The third kappa shape index (κ3) is 2.74. The molecule has 100 valence electrons. The van der Waals surface area contributed by atoms with Crippen LogP contribution in [0.3, 0.4) is 0 Å². The first kappa shape index (κ1) is 13.1. The molecule has 1 aliphatic heterocycles. The average Bonchev–Trinajstić information content (AvgIpc) is 2.31. The lowest BCUT2D eigenvalue weighted by molar-refractivity contribution is 0.322. The molecule has 2 rings (SSSR count). The van der Waals surface area contributed by atoms with Crippen LogP contribution in [0.25, 0.3) is 0 Å². The van der Waals surface area contributed by atoms with E-state index in [2.05, 4.69) is 28.7 Å². The minimum absolute atomic E-state index is 0.0463. The highest BCUT2D eigenvalue weighted by Gasteiger charge is 2.24. The van der Waals surface area contributed by atoms with Gasteiger partial charge in [-0.05, 0) is 18.3 Å². The molecule has 0 aliphatic carbocycles. The summed E-state index contributed by atoms with van der Waals surface area (Å²) in [5.41, 5.74) is -0.0463. The third-order valence-corrected chi connectivity index (χ3v) is 3.95. The van der Waals surface area contributed by atoms with Gasteiger partial charge in [0.25, 0.3) is 5.56 Å². The van der Waals surface area contributed by atoms with E-state index in [-0.39, 0.29) is 11.5 Å². The second-order valence-electron chi connectivity index (χ2n) is 5.83. The van der Waals surface area contributed by atoms with Crippen molar-refractivity contribution in [3.05, 3.63) is 22.2 Å². The second kappa shape index (κ2) is 5.12. The maximum absolute atomic E-state index is 11.7. The summed E-state index contributed by atoms with van der Waals surface area (Å²) in [5.74, 6) is 3.28. The maximum Gasteiger partial charge on any atom is 0.252 e. The van der Waals surface area contributed by atoms with E-state index in [1.807, 2.05) is 13.8 Å². The Morgan fingerprint density at radius 3 is 2.72 bits per heavy atom. The molecule has 2 atom stereocenters. The number of anilines is 1. The van der Waals surface area contributed by atoms with Crippen molar-refractivity contribution in [2.75, 3.05) is 18.0 Å². The van der Waals surface area contributed by atoms with Crippen molar-refractivity contribution in [1.29, 1.82) is 0 Å². The minimum atomic E-state index is -0.0463. The van der Waals surface area contributed by atoms with Gasteiger partial charge in [0.2, 0.25) is 0 Å². The first-order valence-electron chi connectivity index (χ1n) is 6.83. The van der Waals surface area contributed by atoms with Gasteiger partial charge in [-0.2, -0.15) is 0 Å². The zero-order chi connectivity index (χ0) is 13.3. The predicted octanol–water partition coefficient (Wildman–Crippen LogP) is 2.38. The number of nitrogens with zero attached hydrogens (tertiary/aromatic N) is 2. The van der Waals surface area contributed by atoms with E-state index in [1.165, 1.54) is 6.42 Å². The van der Waals surface area contributed by atoms with E-state index in [0.29, 0.717) is 5.92 Å². The quantitative estimate of drug-likeness (QED) is 0.875. The Labute approximate surface area is 108 Å². The smallest absolute Gasteiger partial charge is 0.252 e. The lowest BCUT2D eigenvalue weighted by Crippen LogP contribution is -2.39. The van der Waals surface area contributed by atoms with Crippen LogP contribution >= 0.6 is 0 Å². The third-order valence-electron chi connectivity index (χ3n) is 3.95. The highest BCUT2D eigenvalue weighted by atomic mass is 16.1. The molecular weight excluding hydrogens is 226 g/mol. The van der Waals surface area contributed by atoms with Gasteiger partial charge in [-0.25, -0.2) is 4.98 Å². The van der Waals surface area contributed by atoms with Crippen LogP contribution in [-0.2, 0) is 0 Å². The van der Waals surface area contributed by atoms with Crippen molar-refractivity contribution < 1.29 is 0 Å². The van der Waals surface area contributed by atoms with E-state index in [1.54, 1.807) is 6.07 Å². The van der Waals surface area contributed by atoms with E-state index in [9.17, 15) is 4.79 Å². The van der Waals surface area contributed by atoms with Gasteiger partial charge in [-0.3, -0.25) is 4.79 Å². The Balaban J connectivity index is 2.25. The fraction of sp³-hybridized carbons (Fsp3) is 0.714. The fourth-order valence-electron chi connectivity index (χ4n) is 2.37. The van der Waals surface area contributed by atoms with Crippen LogP contribution in [0, 0.1) is 11.8 Å². The topological polar surface area (TPSA) is 49.0 Å². The molecule has 0 saturated carbocycles. The van der Waals surface area contributed by atoms with Crippen LogP contribution in [0.15, 0.2) is 10.9 Å². The summed E-state index contributed by atoms with van der Waals surface area (Å²) in [6.45, 7) is 10.7. The van der Waals surface area contributed by atoms with Gasteiger partial charge in [0, 0.05) is 25.1 Å². The van der Waals surface area contributed by atoms with Gasteiger partial charge in [0.1, 0.15) is 11.6 Å². The molecular formula is C14H23N3O. The highest BCUT2D eigenvalue weighted by molar-refractivity contribution is 5.38. The molecule has 2 unspecified atom stereocenters. The summed E-state index contributed by atoms with van der Waals surface area (Å²) >= 11 is 0. The van der Waals surface area contributed by atoms with Crippen molar-refractivity contribution in [3.8, 4) is 0 Å². The fourth-order valence-corrected chi connectivity index (χ4v) is 2.37. The van der Waals surface area contributed by atoms with Gasteiger partial charge in [-0.15, -0.1) is 0 Å². The number of aromatic amines is 1. The molecule has 1 aromatic heterocycles. The first-order valence-corrected chi connectivity index (χ1v) is 6.83. The normalized spacial score (nSPS) is 24.6. The minimum Gasteiger partial charge on any atom is -0.356 e. The maximum atomic E-state index is 11.7. The number of piperidine rings is 1. The van der Waals surface area contributed by atoms with Crippen molar-refractivity contribution in [3.63, 3.8) is 0 Å². The van der Waals surface area contributed by atoms with E-state index >= 15 is 0 Å². The Bertz CT molecular complexity index is 466. The molecule has 4 heteroatoms. The summed E-state index contributed by atoms with van der Waals surface area (Å²) in [5, 5.41) is 0. The number of aromatic nitrogens is 2. The molecule has 0 amide bonds. The number of rotatable bonds is 2. The molecule has 1 N–H and O–H groups in total. The largest absolute Gasteiger partial charge is 0.356 e. The molecule has 18 heavy (non-hydrogen) atoms. The van der Waals surface area contributed by atoms with E-state index in [4.69, 9.17) is 0 Å². The SMILES string of the molecule is CC(C)c1nc(N2CCC(C)C(C)C2)cc(=O)[nH]1. The second-order valence-corrected chi connectivity index (χ2v) is 5.83. The van der Waals surface area contributed by atoms with Crippen LogP contribution in [0.5, 0.6) is 0 Å². The molecule has 1 aromatic rings. The van der Waals surface area contributed by atoms with Crippen LogP contribution in [0.1, 0.15) is 45.9 Å². The van der Waals surface area contributed by atoms with Crippen molar-refractivity contribution in [2.24, 2.45) is 11.8 Å². The monoisotopic (exact) mass is 249 g/mol.